The van der Waals surface area contributed by atoms with Gasteiger partial charge in [0.2, 0.25) is 0 Å². The van der Waals surface area contributed by atoms with E-state index < -0.39 is 41.5 Å². The first-order valence-corrected chi connectivity index (χ1v) is 5.81. The molecule has 1 nitrogen and oxygen atoms in total. The van der Waals surface area contributed by atoms with E-state index in [2.05, 4.69) is 0 Å². The van der Waals surface area contributed by atoms with Crippen LogP contribution in [0.4, 0.5) is 61.5 Å². The van der Waals surface area contributed by atoms with Gasteiger partial charge in [0.1, 0.15) is 0 Å². The quantitative estimate of drug-likeness (QED) is 0.568. The van der Waals surface area contributed by atoms with Gasteiger partial charge in [0.15, 0.2) is 0 Å². The van der Waals surface area contributed by atoms with Crippen LogP contribution in [-0.2, 0) is 0 Å². The fourth-order valence-electron chi connectivity index (χ4n) is 1.58. The molecule has 0 bridgehead atoms. The highest BCUT2D eigenvalue weighted by Crippen LogP contribution is 2.72. The Bertz CT molecular complexity index is 458. The van der Waals surface area contributed by atoms with Crippen molar-refractivity contribution in [2.24, 2.45) is 0 Å². The lowest BCUT2D eigenvalue weighted by molar-refractivity contribution is -0.515. The smallest absolute Gasteiger partial charge is 0.394 e. The standard InChI is InChI=1S/C7F14.C3H8O/c8-1(7(19,20)21)2(9,10)4(13,14)6(17,18)5(15,16)3(1,11)12;1-3(2)4/h;3-4H,1-2H3. The zero-order valence-corrected chi connectivity index (χ0v) is 11.8. The minimum Gasteiger partial charge on any atom is -0.394 e. The van der Waals surface area contributed by atoms with Gasteiger partial charge in [-0.1, -0.05) is 0 Å². The van der Waals surface area contributed by atoms with Gasteiger partial charge in [0.05, 0.1) is 0 Å². The van der Waals surface area contributed by atoms with Crippen LogP contribution in [0, 0.1) is 0 Å². The van der Waals surface area contributed by atoms with E-state index in [4.69, 9.17) is 5.11 Å². The maximum absolute atomic E-state index is 13.1. The van der Waals surface area contributed by atoms with Gasteiger partial charge in [0, 0.05) is 6.10 Å². The first-order valence-electron chi connectivity index (χ1n) is 5.81. The third kappa shape index (κ3) is 2.63. The summed E-state index contributed by atoms with van der Waals surface area (Å²) in [5.74, 6) is -38.9. The van der Waals surface area contributed by atoms with Gasteiger partial charge in [-0.05, 0) is 13.8 Å². The van der Waals surface area contributed by atoms with Crippen molar-refractivity contribution in [1.82, 2.24) is 0 Å². The summed E-state index contributed by atoms with van der Waals surface area (Å²) in [4.78, 5) is 0. The monoisotopic (exact) mass is 410 g/mol. The lowest BCUT2D eigenvalue weighted by atomic mass is 9.72. The van der Waals surface area contributed by atoms with Gasteiger partial charge in [0.25, 0.3) is 0 Å². The van der Waals surface area contributed by atoms with Crippen LogP contribution in [0.1, 0.15) is 13.8 Å². The van der Waals surface area contributed by atoms with Gasteiger partial charge >= 0.3 is 41.5 Å². The summed E-state index contributed by atoms with van der Waals surface area (Å²) in [6.07, 6.45) is -7.87. The minimum absolute atomic E-state index is 0.167. The molecule has 0 aromatic carbocycles. The molecule has 0 aromatic heterocycles. The molecule has 1 aliphatic rings. The first kappa shape index (κ1) is 24.0. The molecular formula is C10H8F14O. The summed E-state index contributed by atoms with van der Waals surface area (Å²) >= 11 is 0. The summed E-state index contributed by atoms with van der Waals surface area (Å²) < 4.78 is 175. The van der Waals surface area contributed by atoms with E-state index in [9.17, 15) is 61.5 Å². The molecule has 0 radical (unpaired) electrons. The molecule has 1 fully saturated rings. The van der Waals surface area contributed by atoms with E-state index >= 15 is 0 Å². The van der Waals surface area contributed by atoms with E-state index in [-0.39, 0.29) is 6.10 Å². The molecular weight excluding hydrogens is 402 g/mol. The van der Waals surface area contributed by atoms with Gasteiger partial charge < -0.3 is 5.11 Å². The van der Waals surface area contributed by atoms with Gasteiger partial charge in [-0.25, -0.2) is 4.39 Å². The summed E-state index contributed by atoms with van der Waals surface area (Å²) in [6, 6.07) is 0. The highest BCUT2D eigenvalue weighted by atomic mass is 19.4. The number of aliphatic hydroxyl groups excluding tert-OH is 1. The lowest BCUT2D eigenvalue weighted by Gasteiger charge is -2.52. The Morgan fingerprint density at radius 1 is 0.560 bits per heavy atom. The summed E-state index contributed by atoms with van der Waals surface area (Å²) in [7, 11) is 0. The molecule has 0 heterocycles. The highest BCUT2D eigenvalue weighted by Gasteiger charge is 3.05. The fourth-order valence-corrected chi connectivity index (χ4v) is 1.58. The average molecular weight is 410 g/mol. The van der Waals surface area contributed by atoms with Crippen molar-refractivity contribution in [1.29, 1.82) is 0 Å². The normalized spacial score (nSPS) is 28.1. The van der Waals surface area contributed by atoms with Crippen LogP contribution in [0.5, 0.6) is 0 Å². The number of hydrogen-bond acceptors (Lipinski definition) is 1. The SMILES string of the molecule is CC(C)O.FC(F)(F)C1(F)C(F)(F)C(F)(F)C(F)(F)C(F)(F)C1(F)F. The Labute approximate surface area is 129 Å². The molecule has 25 heavy (non-hydrogen) atoms. The van der Waals surface area contributed by atoms with Crippen LogP contribution < -0.4 is 0 Å². The Kier molecular flexibility index (Phi) is 5.51. The van der Waals surface area contributed by atoms with E-state index in [0.29, 0.717) is 0 Å². The van der Waals surface area contributed by atoms with Crippen molar-refractivity contribution in [2.75, 3.05) is 0 Å². The zero-order chi connectivity index (χ0) is 21.1. The van der Waals surface area contributed by atoms with Gasteiger partial charge in [-0.15, -0.1) is 0 Å². The molecule has 1 rings (SSSR count). The summed E-state index contributed by atoms with van der Waals surface area (Å²) in [6.45, 7) is 3.44. The third-order valence-electron chi connectivity index (χ3n) is 2.83. The predicted octanol–water partition coefficient (Wildman–Crippen LogP) is 4.83. The van der Waals surface area contributed by atoms with Crippen LogP contribution in [0.2, 0.25) is 0 Å². The Balaban J connectivity index is 0.00000129. The molecule has 0 spiro atoms. The number of alkyl halides is 14. The molecule has 0 atom stereocenters. The topological polar surface area (TPSA) is 20.2 Å². The number of rotatable bonds is 0. The van der Waals surface area contributed by atoms with Crippen LogP contribution in [0.25, 0.3) is 0 Å². The molecule has 0 aromatic rings. The predicted molar refractivity (Wildman–Crippen MR) is 52.0 cm³/mol. The van der Waals surface area contributed by atoms with Crippen molar-refractivity contribution < 1.29 is 66.6 Å². The Morgan fingerprint density at radius 3 is 0.880 bits per heavy atom. The van der Waals surface area contributed by atoms with E-state index in [1.807, 2.05) is 0 Å². The Morgan fingerprint density at radius 2 is 0.720 bits per heavy atom. The molecule has 1 N–H and O–H groups in total. The largest absolute Gasteiger partial charge is 0.435 e. The second-order valence-electron chi connectivity index (χ2n) is 5.12. The minimum atomic E-state index is -7.91. The van der Waals surface area contributed by atoms with E-state index in [0.717, 1.165) is 0 Å². The summed E-state index contributed by atoms with van der Waals surface area (Å²) in [5.41, 5.74) is -7.91. The maximum atomic E-state index is 13.1. The number of hydrogen-bond donors (Lipinski definition) is 1. The third-order valence-corrected chi connectivity index (χ3v) is 2.83. The maximum Gasteiger partial charge on any atom is 0.435 e. The van der Waals surface area contributed by atoms with Crippen molar-refractivity contribution >= 4 is 0 Å². The van der Waals surface area contributed by atoms with Gasteiger partial charge in [-0.2, -0.15) is 57.1 Å². The zero-order valence-electron chi connectivity index (χ0n) is 11.8. The van der Waals surface area contributed by atoms with Crippen molar-refractivity contribution in [3.05, 3.63) is 0 Å². The van der Waals surface area contributed by atoms with E-state index in [1.165, 1.54) is 0 Å². The van der Waals surface area contributed by atoms with Crippen LogP contribution in [-0.4, -0.2) is 52.7 Å². The molecule has 0 saturated heterocycles. The van der Waals surface area contributed by atoms with Gasteiger partial charge in [-0.3, -0.25) is 0 Å². The molecule has 15 heteroatoms. The van der Waals surface area contributed by atoms with Crippen LogP contribution in [0.15, 0.2) is 0 Å². The second kappa shape index (κ2) is 5.74. The molecule has 1 saturated carbocycles. The first-order chi connectivity index (χ1) is 10.5. The fraction of sp³-hybridized carbons (Fsp3) is 1.00. The van der Waals surface area contributed by atoms with Crippen molar-refractivity contribution in [2.45, 2.75) is 61.4 Å². The molecule has 0 aliphatic heterocycles. The summed E-state index contributed by atoms with van der Waals surface area (Å²) in [5, 5.41) is 8.06. The highest BCUT2D eigenvalue weighted by molar-refractivity contribution is 5.28. The Hall–Kier alpha value is -1.02. The molecule has 0 amide bonds. The molecule has 1 aliphatic carbocycles. The lowest BCUT2D eigenvalue weighted by Crippen LogP contribution is -2.86. The van der Waals surface area contributed by atoms with Crippen molar-refractivity contribution in [3.8, 4) is 0 Å². The van der Waals surface area contributed by atoms with Crippen LogP contribution >= 0.6 is 0 Å². The number of aliphatic hydroxyl groups is 1. The van der Waals surface area contributed by atoms with Crippen LogP contribution in [0.3, 0.4) is 0 Å². The second-order valence-corrected chi connectivity index (χ2v) is 5.12. The average Bonchev–Trinajstić information content (AvgIpc) is 2.33. The van der Waals surface area contributed by atoms with E-state index in [1.54, 1.807) is 13.8 Å². The number of halogens is 14. The van der Waals surface area contributed by atoms with Crippen molar-refractivity contribution in [3.63, 3.8) is 0 Å². The molecule has 0 unspecified atom stereocenters. The molecule has 152 valence electrons.